The third kappa shape index (κ3) is 21.9. The van der Waals surface area contributed by atoms with E-state index in [0.29, 0.717) is 29.5 Å². The number of carboxylic acids is 1. The monoisotopic (exact) mass is 1160 g/mol. The molecule has 28 heteroatoms. The lowest BCUT2D eigenvalue weighted by Gasteiger charge is -2.31. The molecule has 1 fully saturated rings. The number of amides is 10. The number of phenols is 2. The molecule has 1 aliphatic heterocycles. The smallest absolute Gasteiger partial charge is 0.328 e. The number of carboxylic acid groups (broad SMARTS) is 1. The van der Waals surface area contributed by atoms with E-state index in [4.69, 9.17) is 22.9 Å². The van der Waals surface area contributed by atoms with E-state index in [1.807, 2.05) is 0 Å². The van der Waals surface area contributed by atoms with Gasteiger partial charge < -0.3 is 90.6 Å². The Kier molecular flexibility index (Phi) is 26.8. The molecular formula is C55H76N12O16. The fourth-order valence-corrected chi connectivity index (χ4v) is 8.93. The third-order valence-electron chi connectivity index (χ3n) is 13.5. The Hall–Kier alpha value is -8.73. The van der Waals surface area contributed by atoms with Crippen molar-refractivity contribution in [3.8, 4) is 11.5 Å². The number of carbonyl (C=O) groups excluding carboxylic acids is 10. The summed E-state index contributed by atoms with van der Waals surface area (Å²) in [6, 6.07) is 6.11. The molecule has 1 saturated heterocycles. The largest absolute Gasteiger partial charge is 0.508 e. The Morgan fingerprint density at radius 1 is 0.566 bits per heavy atom. The van der Waals surface area contributed by atoms with Gasteiger partial charge in [0.15, 0.2) is 6.04 Å². The molecule has 0 bridgehead atoms. The molecule has 10 atom stereocenters. The number of nitrogens with one attached hydrogen (secondary N) is 7. The van der Waals surface area contributed by atoms with E-state index in [2.05, 4.69) is 37.2 Å². The number of aliphatic carboxylic acids is 1. The van der Waals surface area contributed by atoms with Gasteiger partial charge >= 0.3 is 5.97 Å². The molecule has 0 saturated carbocycles. The lowest BCUT2D eigenvalue weighted by molar-refractivity contribution is -0.145. The Morgan fingerprint density at radius 2 is 1.01 bits per heavy atom. The topological polar surface area (TPSA) is 480 Å². The number of nitrogens with zero attached hydrogens (tertiary/aromatic N) is 1. The Balaban J connectivity index is 1.59. The number of likely N-dealkylation sites (tertiary alicyclic amines) is 1. The first-order valence-electron chi connectivity index (χ1n) is 27.0. The maximum atomic E-state index is 14.7. The minimum atomic E-state index is -1.77. The van der Waals surface area contributed by atoms with E-state index < -0.39 is 139 Å². The summed E-state index contributed by atoms with van der Waals surface area (Å²) in [5.74, 6) is -10.8. The van der Waals surface area contributed by atoms with Gasteiger partial charge in [-0.1, -0.05) is 54.6 Å². The fraction of sp³-hybridized carbons (Fsp3) is 0.473. The van der Waals surface area contributed by atoms with Gasteiger partial charge in [-0.2, -0.15) is 0 Å². The van der Waals surface area contributed by atoms with Crippen LogP contribution in [0, 0.1) is 0 Å². The van der Waals surface area contributed by atoms with Crippen LogP contribution in [0.1, 0.15) is 81.4 Å². The second-order valence-electron chi connectivity index (χ2n) is 20.1. The molecule has 0 spiro atoms. The highest BCUT2D eigenvalue weighted by atomic mass is 16.4. The Morgan fingerprint density at radius 3 is 1.54 bits per heavy atom. The molecule has 1 aliphatic rings. The lowest BCUT2D eigenvalue weighted by atomic mass is 10.0. The van der Waals surface area contributed by atoms with Crippen LogP contribution < -0.4 is 60.2 Å². The fourth-order valence-electron chi connectivity index (χ4n) is 8.93. The zero-order valence-corrected chi connectivity index (χ0v) is 45.9. The number of nitrogens with two attached hydrogens (primary N) is 4. The number of rotatable bonds is 34. The molecule has 0 aliphatic carbocycles. The van der Waals surface area contributed by atoms with Gasteiger partial charge in [0.2, 0.25) is 59.1 Å². The van der Waals surface area contributed by atoms with E-state index in [-0.39, 0.29) is 82.4 Å². The first kappa shape index (κ1) is 66.8. The van der Waals surface area contributed by atoms with Crippen LogP contribution in [0.25, 0.3) is 0 Å². The second-order valence-corrected chi connectivity index (χ2v) is 20.1. The normalized spacial score (nSPS) is 16.2. The third-order valence-corrected chi connectivity index (χ3v) is 13.5. The van der Waals surface area contributed by atoms with Crippen molar-refractivity contribution in [2.24, 2.45) is 22.9 Å². The summed E-state index contributed by atoms with van der Waals surface area (Å²) in [4.78, 5) is 149. The first-order chi connectivity index (χ1) is 39.4. The van der Waals surface area contributed by atoms with Crippen molar-refractivity contribution in [2.45, 2.75) is 144 Å². The molecule has 83 heavy (non-hydrogen) atoms. The number of aromatic hydroxyl groups is 2. The van der Waals surface area contributed by atoms with E-state index in [1.54, 1.807) is 30.3 Å². The summed E-state index contributed by atoms with van der Waals surface area (Å²) < 4.78 is 0. The molecule has 10 amide bonds. The predicted octanol–water partition coefficient (Wildman–Crippen LogP) is -4.04. The number of unbranched alkanes of at least 4 members (excludes halogenated alkanes) is 1. The average Bonchev–Trinajstić information content (AvgIpc) is 4.24. The van der Waals surface area contributed by atoms with Gasteiger partial charge in [-0.3, -0.25) is 47.9 Å². The van der Waals surface area contributed by atoms with Crippen LogP contribution in [0.2, 0.25) is 0 Å². The van der Waals surface area contributed by atoms with Crippen LogP contribution in [0.15, 0.2) is 78.9 Å². The van der Waals surface area contributed by atoms with Gasteiger partial charge in [0.25, 0.3) is 0 Å². The van der Waals surface area contributed by atoms with Crippen LogP contribution in [-0.2, 0) is 72.0 Å². The molecule has 4 rings (SSSR count). The molecule has 28 nitrogen and oxygen atoms in total. The molecule has 0 radical (unpaired) electrons. The van der Waals surface area contributed by atoms with E-state index >= 15 is 0 Å². The van der Waals surface area contributed by atoms with Gasteiger partial charge in [0.05, 0.1) is 18.8 Å². The van der Waals surface area contributed by atoms with Crippen LogP contribution in [-0.4, -0.2) is 176 Å². The molecular weight excluding hydrogens is 1080 g/mol. The van der Waals surface area contributed by atoms with E-state index in [0.717, 1.165) is 6.92 Å². The van der Waals surface area contributed by atoms with Gasteiger partial charge in [-0.25, -0.2) is 4.79 Å². The number of hydrogen-bond acceptors (Lipinski definition) is 17. The van der Waals surface area contributed by atoms with Crippen molar-refractivity contribution in [1.29, 1.82) is 0 Å². The number of benzene rings is 3. The predicted molar refractivity (Wildman–Crippen MR) is 296 cm³/mol. The van der Waals surface area contributed by atoms with Crippen LogP contribution in [0.3, 0.4) is 0 Å². The molecule has 3 aromatic rings. The molecule has 452 valence electrons. The minimum Gasteiger partial charge on any atom is -0.508 e. The number of primary amides is 2. The molecule has 0 unspecified atom stereocenters. The van der Waals surface area contributed by atoms with Gasteiger partial charge in [-0.05, 0) is 99.4 Å². The van der Waals surface area contributed by atoms with E-state index in [9.17, 15) is 78.3 Å². The maximum Gasteiger partial charge on any atom is 0.328 e. The van der Waals surface area contributed by atoms with Crippen molar-refractivity contribution in [3.63, 3.8) is 0 Å². The van der Waals surface area contributed by atoms with Crippen molar-refractivity contribution in [2.75, 3.05) is 19.7 Å². The minimum absolute atomic E-state index is 0.00377. The summed E-state index contributed by atoms with van der Waals surface area (Å²) in [5, 5.41) is 67.6. The molecule has 1 heterocycles. The van der Waals surface area contributed by atoms with Crippen LogP contribution >= 0.6 is 0 Å². The standard InChI is InChI=1S/C55H76N12O16/c1-30(69)46(55(82)83)66-51(78)40(27-33-14-18-35(71)19-15-33)63-53(80)43-11-7-25-67(43)54(81)41(28-31-8-3-2-4-9-31)64-52(79)42(29-68)65-48(75)37(10-5-6-24-56)61-50(77)39(26-32-12-16-34(70)17-13-32)62-49(76)38(21-23-45(59)73)60-47(74)36(57)20-22-44(58)72/h2-4,8-9,12-19,30,36-43,46,68-71H,5-7,10-11,20-29,56-57H2,1H3,(H2,58,72)(H2,59,73)(H,60,74)(H,61,77)(H,62,76)(H,63,80)(H,64,79)(H,65,75)(H,66,78)(H,82,83)/t30-,36+,37+,38+,39+,40+,41+,42+,43+,46+/m1/s1. The number of phenolic OH excluding ortho intramolecular Hbond substituents is 2. The summed E-state index contributed by atoms with van der Waals surface area (Å²) in [5.41, 5.74) is 23.6. The highest BCUT2D eigenvalue weighted by Crippen LogP contribution is 2.22. The lowest BCUT2D eigenvalue weighted by Crippen LogP contribution is -2.61. The van der Waals surface area contributed by atoms with Crippen molar-refractivity contribution in [3.05, 3.63) is 95.6 Å². The molecule has 0 aromatic heterocycles. The Bertz CT molecular complexity index is 2720. The summed E-state index contributed by atoms with van der Waals surface area (Å²) in [7, 11) is 0. The van der Waals surface area contributed by atoms with Gasteiger partial charge in [-0.15, -0.1) is 0 Å². The maximum absolute atomic E-state index is 14.7. The molecule has 3 aromatic carbocycles. The molecule has 20 N–H and O–H groups in total. The summed E-state index contributed by atoms with van der Waals surface area (Å²) in [6.07, 6.45) is -2.48. The van der Waals surface area contributed by atoms with Gasteiger partial charge in [0.1, 0.15) is 53.8 Å². The van der Waals surface area contributed by atoms with Gasteiger partial charge in [0, 0.05) is 38.6 Å². The zero-order chi connectivity index (χ0) is 61.3. The highest BCUT2D eigenvalue weighted by molar-refractivity contribution is 5.98. The number of aliphatic hydroxyl groups is 2. The van der Waals surface area contributed by atoms with E-state index in [1.165, 1.54) is 53.4 Å². The Labute approximate surface area is 478 Å². The van der Waals surface area contributed by atoms with Crippen molar-refractivity contribution in [1.82, 2.24) is 42.1 Å². The summed E-state index contributed by atoms with van der Waals surface area (Å²) >= 11 is 0. The quantitative estimate of drug-likeness (QED) is 0.0253. The highest BCUT2D eigenvalue weighted by Gasteiger charge is 2.41. The SMILES string of the molecule is C[C@@H](O)[C@H](NC(=O)[C@H](Cc1ccc(O)cc1)NC(=O)[C@@H]1CCCN1C(=O)[C@H](Cc1ccccc1)NC(=O)[C@H](CO)NC(=O)[C@H](CCCCN)NC(=O)[C@H](Cc1ccc(O)cc1)NC(=O)[C@H](CCC(N)=O)NC(=O)[C@@H](N)CCC(N)=O)C(=O)O. The number of carbonyl (C=O) groups is 11. The second kappa shape index (κ2) is 33.3. The summed E-state index contributed by atoms with van der Waals surface area (Å²) in [6.45, 7) is 0.301. The van der Waals surface area contributed by atoms with Crippen molar-refractivity contribution < 1.29 is 78.3 Å². The first-order valence-corrected chi connectivity index (χ1v) is 27.0. The van der Waals surface area contributed by atoms with Crippen LogP contribution in [0.4, 0.5) is 0 Å². The van der Waals surface area contributed by atoms with Crippen LogP contribution in [0.5, 0.6) is 11.5 Å². The zero-order valence-electron chi connectivity index (χ0n) is 45.9. The number of aliphatic hydroxyl groups excluding tert-OH is 2. The van der Waals surface area contributed by atoms with Crippen molar-refractivity contribution >= 4 is 65.0 Å². The number of hydrogen-bond donors (Lipinski definition) is 16. The average molecular weight is 1160 g/mol.